The standard InChI is InChI=1S/C14H14FNOS/c15-12-7-4-8-13(9-12)18(17)10-14(16)11-5-2-1-3-6-11/h1-9,14H,10,16H2. The van der Waals surface area contributed by atoms with Crippen LogP contribution in [-0.4, -0.2) is 9.96 Å². The van der Waals surface area contributed by atoms with Crippen LogP contribution in [0.2, 0.25) is 0 Å². The summed E-state index contributed by atoms with van der Waals surface area (Å²) < 4.78 is 25.1. The molecule has 2 nitrogen and oxygen atoms in total. The van der Waals surface area contributed by atoms with E-state index in [9.17, 15) is 8.60 Å². The zero-order valence-electron chi connectivity index (χ0n) is 9.75. The fraction of sp³-hybridized carbons (Fsp3) is 0.143. The maximum absolute atomic E-state index is 13.0. The summed E-state index contributed by atoms with van der Waals surface area (Å²) in [7, 11) is -1.29. The molecule has 2 aromatic rings. The van der Waals surface area contributed by atoms with Crippen molar-refractivity contribution in [3.05, 3.63) is 66.0 Å². The quantitative estimate of drug-likeness (QED) is 0.921. The minimum Gasteiger partial charge on any atom is -0.323 e. The number of nitrogens with two attached hydrogens (primary N) is 1. The van der Waals surface area contributed by atoms with Crippen molar-refractivity contribution in [1.82, 2.24) is 0 Å². The molecule has 0 amide bonds. The van der Waals surface area contributed by atoms with Crippen molar-refractivity contribution in [2.45, 2.75) is 10.9 Å². The average molecular weight is 263 g/mol. The van der Waals surface area contributed by atoms with E-state index < -0.39 is 10.8 Å². The summed E-state index contributed by atoms with van der Waals surface area (Å²) in [6.07, 6.45) is 0. The smallest absolute Gasteiger partial charge is 0.124 e. The summed E-state index contributed by atoms with van der Waals surface area (Å²) in [5, 5.41) is 0. The number of rotatable bonds is 4. The Morgan fingerprint density at radius 3 is 2.50 bits per heavy atom. The van der Waals surface area contributed by atoms with E-state index in [1.807, 2.05) is 30.3 Å². The van der Waals surface area contributed by atoms with Crippen LogP contribution in [0.15, 0.2) is 59.5 Å². The van der Waals surface area contributed by atoms with Crippen molar-refractivity contribution in [3.63, 3.8) is 0 Å². The molecule has 0 saturated heterocycles. The van der Waals surface area contributed by atoms with Crippen molar-refractivity contribution in [2.75, 3.05) is 5.75 Å². The number of halogens is 1. The van der Waals surface area contributed by atoms with Gasteiger partial charge in [-0.05, 0) is 23.8 Å². The molecule has 0 fully saturated rings. The Balaban J connectivity index is 2.08. The SMILES string of the molecule is NC(CS(=O)c1cccc(F)c1)c1ccccc1. The Labute approximate surface area is 108 Å². The van der Waals surface area contributed by atoms with Gasteiger partial charge in [-0.3, -0.25) is 4.21 Å². The second kappa shape index (κ2) is 5.89. The van der Waals surface area contributed by atoms with Crippen LogP contribution >= 0.6 is 0 Å². The molecule has 18 heavy (non-hydrogen) atoms. The summed E-state index contributed by atoms with van der Waals surface area (Å²) in [5.74, 6) is -0.0952. The molecule has 2 aromatic carbocycles. The highest BCUT2D eigenvalue weighted by Gasteiger charge is 2.12. The van der Waals surface area contributed by atoms with E-state index in [2.05, 4.69) is 0 Å². The molecule has 2 rings (SSSR count). The minimum absolute atomic E-state index is 0.285. The Morgan fingerprint density at radius 2 is 1.83 bits per heavy atom. The molecule has 2 atom stereocenters. The van der Waals surface area contributed by atoms with Crippen molar-refractivity contribution in [3.8, 4) is 0 Å². The van der Waals surface area contributed by atoms with E-state index in [0.717, 1.165) is 5.56 Å². The lowest BCUT2D eigenvalue weighted by atomic mass is 10.1. The molecule has 0 aliphatic rings. The van der Waals surface area contributed by atoms with Gasteiger partial charge in [-0.25, -0.2) is 4.39 Å². The zero-order chi connectivity index (χ0) is 13.0. The van der Waals surface area contributed by atoms with Gasteiger partial charge in [0.05, 0.1) is 10.8 Å². The first-order valence-corrected chi connectivity index (χ1v) is 6.93. The second-order valence-corrected chi connectivity index (χ2v) is 5.48. The van der Waals surface area contributed by atoms with Gasteiger partial charge < -0.3 is 5.73 Å². The van der Waals surface area contributed by atoms with Gasteiger partial charge in [0, 0.05) is 16.7 Å². The van der Waals surface area contributed by atoms with E-state index >= 15 is 0 Å². The van der Waals surface area contributed by atoms with E-state index in [0.29, 0.717) is 4.90 Å². The lowest BCUT2D eigenvalue weighted by Gasteiger charge is -2.11. The molecule has 2 N–H and O–H groups in total. The van der Waals surface area contributed by atoms with Gasteiger partial charge >= 0.3 is 0 Å². The van der Waals surface area contributed by atoms with Gasteiger partial charge in [-0.1, -0.05) is 36.4 Å². The lowest BCUT2D eigenvalue weighted by Crippen LogP contribution is -2.18. The fourth-order valence-electron chi connectivity index (χ4n) is 1.66. The molecule has 0 aliphatic heterocycles. The topological polar surface area (TPSA) is 43.1 Å². The Bertz CT molecular complexity index is 545. The summed E-state index contributed by atoms with van der Waals surface area (Å²) in [6.45, 7) is 0. The highest BCUT2D eigenvalue weighted by molar-refractivity contribution is 7.85. The second-order valence-electron chi connectivity index (χ2n) is 3.99. The highest BCUT2D eigenvalue weighted by atomic mass is 32.2. The summed E-state index contributed by atoms with van der Waals surface area (Å²) in [4.78, 5) is 0.474. The zero-order valence-corrected chi connectivity index (χ0v) is 10.6. The van der Waals surface area contributed by atoms with Crippen LogP contribution in [0.1, 0.15) is 11.6 Å². The summed E-state index contributed by atoms with van der Waals surface area (Å²) in [6, 6.07) is 15.0. The minimum atomic E-state index is -1.29. The molecular formula is C14H14FNOS. The maximum atomic E-state index is 13.0. The van der Waals surface area contributed by atoms with Crippen LogP contribution in [0.4, 0.5) is 4.39 Å². The van der Waals surface area contributed by atoms with E-state index in [4.69, 9.17) is 5.73 Å². The van der Waals surface area contributed by atoms with E-state index in [1.165, 1.54) is 12.1 Å². The molecule has 0 saturated carbocycles. The predicted molar refractivity (Wildman–Crippen MR) is 71.0 cm³/mol. The molecular weight excluding hydrogens is 249 g/mol. The third-order valence-corrected chi connectivity index (χ3v) is 4.06. The lowest BCUT2D eigenvalue weighted by molar-refractivity contribution is 0.622. The van der Waals surface area contributed by atoms with E-state index in [1.54, 1.807) is 12.1 Å². The number of hydrogen-bond acceptors (Lipinski definition) is 2. The summed E-state index contributed by atoms with van der Waals surface area (Å²) >= 11 is 0. The van der Waals surface area contributed by atoms with Crippen molar-refractivity contribution in [1.29, 1.82) is 0 Å². The normalized spacial score (nSPS) is 14.1. The van der Waals surface area contributed by atoms with Gasteiger partial charge in [0.2, 0.25) is 0 Å². The van der Waals surface area contributed by atoms with E-state index in [-0.39, 0.29) is 17.6 Å². The molecule has 4 heteroatoms. The summed E-state index contributed by atoms with van der Waals surface area (Å²) in [5.41, 5.74) is 6.92. The molecule has 0 bridgehead atoms. The molecule has 2 unspecified atom stereocenters. The Morgan fingerprint density at radius 1 is 1.11 bits per heavy atom. The van der Waals surface area contributed by atoms with Crippen molar-refractivity contribution < 1.29 is 8.60 Å². The highest BCUT2D eigenvalue weighted by Crippen LogP contribution is 2.15. The van der Waals surface area contributed by atoms with Crippen LogP contribution in [0.5, 0.6) is 0 Å². The van der Waals surface area contributed by atoms with Crippen LogP contribution in [0.25, 0.3) is 0 Å². The van der Waals surface area contributed by atoms with Gasteiger partial charge in [0.25, 0.3) is 0 Å². The van der Waals surface area contributed by atoms with Crippen LogP contribution in [-0.2, 0) is 10.8 Å². The first kappa shape index (κ1) is 12.9. The van der Waals surface area contributed by atoms with Gasteiger partial charge in [0.15, 0.2) is 0 Å². The molecule has 0 aromatic heterocycles. The third-order valence-electron chi connectivity index (χ3n) is 2.62. The first-order valence-electron chi connectivity index (χ1n) is 5.61. The van der Waals surface area contributed by atoms with Gasteiger partial charge in [-0.15, -0.1) is 0 Å². The Hall–Kier alpha value is -1.52. The monoisotopic (exact) mass is 263 g/mol. The molecule has 94 valence electrons. The van der Waals surface area contributed by atoms with Gasteiger partial charge in [-0.2, -0.15) is 0 Å². The molecule has 0 radical (unpaired) electrons. The predicted octanol–water partition coefficient (Wildman–Crippen LogP) is 2.63. The first-order chi connectivity index (χ1) is 8.66. The van der Waals surface area contributed by atoms with Crippen LogP contribution in [0, 0.1) is 5.82 Å². The average Bonchev–Trinajstić information content (AvgIpc) is 2.39. The van der Waals surface area contributed by atoms with Crippen molar-refractivity contribution >= 4 is 10.8 Å². The third kappa shape index (κ3) is 3.24. The van der Waals surface area contributed by atoms with Crippen molar-refractivity contribution in [2.24, 2.45) is 5.73 Å². The molecule has 0 spiro atoms. The number of hydrogen-bond donors (Lipinski definition) is 1. The van der Waals surface area contributed by atoms with Crippen LogP contribution < -0.4 is 5.73 Å². The van der Waals surface area contributed by atoms with Crippen LogP contribution in [0.3, 0.4) is 0 Å². The molecule has 0 aliphatic carbocycles. The Kier molecular flexibility index (Phi) is 4.23. The molecule has 0 heterocycles. The van der Waals surface area contributed by atoms with Gasteiger partial charge in [0.1, 0.15) is 5.82 Å². The maximum Gasteiger partial charge on any atom is 0.124 e. The largest absolute Gasteiger partial charge is 0.323 e. The fourth-order valence-corrected chi connectivity index (χ4v) is 2.85. The number of benzene rings is 2.